The number of hydrogen-bond acceptors (Lipinski definition) is 5. The molecule has 5 aromatic rings. The van der Waals surface area contributed by atoms with Crippen molar-refractivity contribution < 1.29 is 23.1 Å². The van der Waals surface area contributed by atoms with Crippen molar-refractivity contribution in [2.45, 2.75) is 25.6 Å². The summed E-state index contributed by atoms with van der Waals surface area (Å²) in [6.45, 7) is 3.27. The number of imidazole rings is 1. The molecular formula is C28H22F3N5O2. The molecule has 0 atom stereocenters. The number of carbonyl (C=O) groups excluding carboxylic acids is 1. The SMILES string of the molecule is CC(C)(O)c1ccc2nc(-c3ccccc3)c(NC(=O)c3ccc(C(F)(F)F)c(-c4ncccn4)c3)n2c1. The Morgan fingerprint density at radius 2 is 1.66 bits per heavy atom. The monoisotopic (exact) mass is 517 g/mol. The lowest BCUT2D eigenvalue weighted by Crippen LogP contribution is -2.18. The highest BCUT2D eigenvalue weighted by atomic mass is 19.4. The molecule has 10 heteroatoms. The van der Waals surface area contributed by atoms with Crippen molar-refractivity contribution in [2.75, 3.05) is 5.32 Å². The molecule has 38 heavy (non-hydrogen) atoms. The second kappa shape index (κ2) is 9.38. The van der Waals surface area contributed by atoms with Crippen LogP contribution in [0.3, 0.4) is 0 Å². The first-order valence-electron chi connectivity index (χ1n) is 11.6. The summed E-state index contributed by atoms with van der Waals surface area (Å²) in [5.41, 5.74) is -0.162. The Morgan fingerprint density at radius 1 is 0.947 bits per heavy atom. The van der Waals surface area contributed by atoms with Crippen LogP contribution in [-0.2, 0) is 11.8 Å². The van der Waals surface area contributed by atoms with Crippen molar-refractivity contribution in [1.82, 2.24) is 19.4 Å². The zero-order valence-electron chi connectivity index (χ0n) is 20.4. The van der Waals surface area contributed by atoms with Crippen molar-refractivity contribution in [3.05, 3.63) is 102 Å². The molecular weight excluding hydrogens is 495 g/mol. The molecule has 0 fully saturated rings. The van der Waals surface area contributed by atoms with E-state index in [1.165, 1.54) is 18.5 Å². The van der Waals surface area contributed by atoms with Crippen LogP contribution in [0.1, 0.15) is 35.3 Å². The fourth-order valence-corrected chi connectivity index (χ4v) is 4.06. The van der Waals surface area contributed by atoms with Crippen LogP contribution in [0.25, 0.3) is 28.3 Å². The number of aromatic nitrogens is 4. The minimum absolute atomic E-state index is 0.0203. The molecule has 3 heterocycles. The van der Waals surface area contributed by atoms with Crippen LogP contribution >= 0.6 is 0 Å². The molecule has 192 valence electrons. The average Bonchev–Trinajstić information content (AvgIpc) is 3.26. The van der Waals surface area contributed by atoms with Crippen molar-refractivity contribution >= 4 is 17.4 Å². The molecule has 0 spiro atoms. The van der Waals surface area contributed by atoms with Gasteiger partial charge in [0.2, 0.25) is 0 Å². The van der Waals surface area contributed by atoms with E-state index in [1.807, 2.05) is 30.3 Å². The first-order valence-corrected chi connectivity index (χ1v) is 11.6. The quantitative estimate of drug-likeness (QED) is 0.300. The number of hydrogen-bond donors (Lipinski definition) is 2. The molecule has 0 saturated carbocycles. The minimum Gasteiger partial charge on any atom is -0.386 e. The highest BCUT2D eigenvalue weighted by Gasteiger charge is 2.35. The summed E-state index contributed by atoms with van der Waals surface area (Å²) in [5, 5.41) is 13.4. The number of nitrogens with zero attached hydrogens (tertiary/aromatic N) is 4. The average molecular weight is 518 g/mol. The van der Waals surface area contributed by atoms with E-state index in [1.54, 1.807) is 36.6 Å². The van der Waals surface area contributed by atoms with E-state index in [4.69, 9.17) is 0 Å². The third-order valence-corrected chi connectivity index (χ3v) is 6.00. The maximum absolute atomic E-state index is 13.7. The fraction of sp³-hybridized carbons (Fsp3) is 0.143. The molecule has 0 bridgehead atoms. The number of aliphatic hydroxyl groups is 1. The number of halogens is 3. The lowest BCUT2D eigenvalue weighted by Gasteiger charge is -2.18. The van der Waals surface area contributed by atoms with Crippen LogP contribution in [0.5, 0.6) is 0 Å². The fourth-order valence-electron chi connectivity index (χ4n) is 4.06. The maximum Gasteiger partial charge on any atom is 0.417 e. The van der Waals surface area contributed by atoms with E-state index in [0.29, 0.717) is 22.7 Å². The summed E-state index contributed by atoms with van der Waals surface area (Å²) in [7, 11) is 0. The summed E-state index contributed by atoms with van der Waals surface area (Å²) in [4.78, 5) is 26.0. The molecule has 0 aliphatic carbocycles. The smallest absolute Gasteiger partial charge is 0.386 e. The van der Waals surface area contributed by atoms with Gasteiger partial charge >= 0.3 is 6.18 Å². The van der Waals surface area contributed by atoms with E-state index in [0.717, 1.165) is 23.8 Å². The van der Waals surface area contributed by atoms with Gasteiger partial charge in [-0.3, -0.25) is 9.20 Å². The lowest BCUT2D eigenvalue weighted by molar-refractivity contribution is -0.137. The van der Waals surface area contributed by atoms with Crippen LogP contribution < -0.4 is 5.32 Å². The Balaban J connectivity index is 1.63. The summed E-state index contributed by atoms with van der Waals surface area (Å²) in [6, 6.07) is 17.2. The highest BCUT2D eigenvalue weighted by Crippen LogP contribution is 2.37. The van der Waals surface area contributed by atoms with Gasteiger partial charge in [-0.25, -0.2) is 15.0 Å². The molecule has 2 aromatic carbocycles. The standard InChI is InChI=1S/C28H22F3N5O2/c1-27(2,38)19-10-12-22-34-23(17-7-4-3-5-8-17)25(36(22)16-19)35-26(37)18-9-11-21(28(29,30)31)20(15-18)24-32-13-6-14-33-24/h3-16,38H,1-2H3,(H,35,37). The number of fused-ring (bicyclic) bond motifs is 1. The van der Waals surface area contributed by atoms with Crippen molar-refractivity contribution in [1.29, 1.82) is 0 Å². The van der Waals surface area contributed by atoms with E-state index in [-0.39, 0.29) is 17.0 Å². The summed E-state index contributed by atoms with van der Waals surface area (Å²) >= 11 is 0. The van der Waals surface area contributed by atoms with Gasteiger partial charge in [0.1, 0.15) is 17.2 Å². The van der Waals surface area contributed by atoms with E-state index >= 15 is 0 Å². The summed E-state index contributed by atoms with van der Waals surface area (Å²) < 4.78 is 42.8. The van der Waals surface area contributed by atoms with Gasteiger partial charge in [0.15, 0.2) is 5.82 Å². The highest BCUT2D eigenvalue weighted by molar-refractivity contribution is 6.06. The Labute approximate surface area is 215 Å². The molecule has 0 unspecified atom stereocenters. The third-order valence-electron chi connectivity index (χ3n) is 6.00. The predicted molar refractivity (Wildman–Crippen MR) is 136 cm³/mol. The van der Waals surface area contributed by atoms with E-state index < -0.39 is 23.2 Å². The molecule has 0 aliphatic rings. The van der Waals surface area contributed by atoms with Crippen LogP contribution in [0, 0.1) is 0 Å². The molecule has 5 rings (SSSR count). The normalized spacial score (nSPS) is 12.1. The molecule has 3 aromatic heterocycles. The Kier molecular flexibility index (Phi) is 6.20. The summed E-state index contributed by atoms with van der Waals surface area (Å²) in [5.74, 6) is -0.493. The molecule has 7 nitrogen and oxygen atoms in total. The molecule has 1 amide bonds. The number of rotatable bonds is 5. The number of alkyl halides is 3. The molecule has 0 radical (unpaired) electrons. The number of pyridine rings is 1. The number of nitrogens with one attached hydrogen (secondary N) is 1. The summed E-state index contributed by atoms with van der Waals surface area (Å²) in [6.07, 6.45) is -0.334. The van der Waals surface area contributed by atoms with Crippen LogP contribution in [0.2, 0.25) is 0 Å². The Hall–Kier alpha value is -4.57. The maximum atomic E-state index is 13.7. The predicted octanol–water partition coefficient (Wildman–Crippen LogP) is 5.96. The number of anilines is 1. The zero-order valence-corrected chi connectivity index (χ0v) is 20.4. The van der Waals surface area contributed by atoms with Crippen molar-refractivity contribution in [3.8, 4) is 22.6 Å². The zero-order chi connectivity index (χ0) is 27.1. The van der Waals surface area contributed by atoms with Gasteiger partial charge in [-0.15, -0.1) is 0 Å². The molecule has 0 aliphatic heterocycles. The largest absolute Gasteiger partial charge is 0.417 e. The number of amides is 1. The topological polar surface area (TPSA) is 92.4 Å². The van der Waals surface area contributed by atoms with Gasteiger partial charge < -0.3 is 10.4 Å². The Morgan fingerprint density at radius 3 is 2.32 bits per heavy atom. The van der Waals surface area contributed by atoms with Gasteiger partial charge in [0.05, 0.1) is 11.2 Å². The van der Waals surface area contributed by atoms with Crippen LogP contribution in [0.4, 0.5) is 19.0 Å². The third kappa shape index (κ3) is 4.85. The molecule has 2 N–H and O–H groups in total. The van der Waals surface area contributed by atoms with E-state index in [9.17, 15) is 23.1 Å². The second-order valence-electron chi connectivity index (χ2n) is 9.16. The van der Waals surface area contributed by atoms with Crippen LogP contribution in [0.15, 0.2) is 85.3 Å². The molecule has 0 saturated heterocycles. The van der Waals surface area contributed by atoms with Crippen molar-refractivity contribution in [3.63, 3.8) is 0 Å². The number of benzene rings is 2. The van der Waals surface area contributed by atoms with Crippen LogP contribution in [-0.4, -0.2) is 30.4 Å². The van der Waals surface area contributed by atoms with Gasteiger partial charge in [0.25, 0.3) is 5.91 Å². The lowest BCUT2D eigenvalue weighted by atomic mass is 10.0. The first kappa shape index (κ1) is 25.1. The first-order chi connectivity index (χ1) is 18.0. The van der Waals surface area contributed by atoms with Gasteiger partial charge in [-0.05, 0) is 49.7 Å². The van der Waals surface area contributed by atoms with Crippen molar-refractivity contribution in [2.24, 2.45) is 0 Å². The van der Waals surface area contributed by atoms with Gasteiger partial charge in [-0.1, -0.05) is 36.4 Å². The Bertz CT molecular complexity index is 1630. The minimum atomic E-state index is -4.67. The number of carbonyl (C=O) groups is 1. The van der Waals surface area contributed by atoms with Gasteiger partial charge in [0, 0.05) is 35.3 Å². The second-order valence-corrected chi connectivity index (χ2v) is 9.16. The van der Waals surface area contributed by atoms with Gasteiger partial charge in [-0.2, -0.15) is 13.2 Å². The van der Waals surface area contributed by atoms with E-state index in [2.05, 4.69) is 20.3 Å².